The molecule has 5 heterocycles. The van der Waals surface area contributed by atoms with Crippen molar-refractivity contribution in [2.75, 3.05) is 54.5 Å². The van der Waals surface area contributed by atoms with Crippen molar-refractivity contribution in [3.8, 4) is 0 Å². The maximum atomic E-state index is 6.04. The highest BCUT2D eigenvalue weighted by atomic mass is 16.5. The van der Waals surface area contributed by atoms with Gasteiger partial charge in [0.2, 0.25) is 5.65 Å². The molecule has 1 aliphatic carbocycles. The second kappa shape index (κ2) is 7.69. The van der Waals surface area contributed by atoms with Gasteiger partial charge in [-0.15, -0.1) is 0 Å². The fraction of sp³-hybridized carbons (Fsp3) is 0.571. The van der Waals surface area contributed by atoms with Crippen LogP contribution in [0.15, 0.2) is 21.2 Å². The number of nitrogens with zero attached hydrogens (tertiary/aromatic N) is 5. The van der Waals surface area contributed by atoms with Crippen molar-refractivity contribution >= 4 is 28.9 Å². The highest BCUT2D eigenvalue weighted by Gasteiger charge is 2.30. The summed E-state index contributed by atoms with van der Waals surface area (Å²) in [6.45, 7) is 5.17. The second-order valence-electron chi connectivity index (χ2n) is 8.58. The van der Waals surface area contributed by atoms with Gasteiger partial charge in [-0.05, 0) is 19.3 Å². The molecule has 3 aromatic rings. The molecule has 3 fully saturated rings. The Bertz CT molecular complexity index is 1070. The van der Waals surface area contributed by atoms with E-state index in [1.807, 2.05) is 6.07 Å². The summed E-state index contributed by atoms with van der Waals surface area (Å²) in [6.07, 6.45) is 4.99. The summed E-state index contributed by atoms with van der Waals surface area (Å²) in [5.41, 5.74) is 10.2. The number of nitrogens with one attached hydrogen (secondary N) is 1. The minimum absolute atomic E-state index is 0.191. The molecule has 0 spiro atoms. The Morgan fingerprint density at radius 2 is 1.90 bits per heavy atom. The summed E-state index contributed by atoms with van der Waals surface area (Å²) in [5, 5.41) is 3.49. The Balaban J connectivity index is 1.21. The van der Waals surface area contributed by atoms with Crippen LogP contribution in [-0.2, 0) is 11.3 Å². The lowest BCUT2D eigenvalue weighted by atomic mass is 10.2. The Morgan fingerprint density at radius 1 is 1.03 bits per heavy atom. The topological polar surface area (TPSA) is 119 Å². The first kappa shape index (κ1) is 18.9. The van der Waals surface area contributed by atoms with E-state index in [0.29, 0.717) is 48.9 Å². The number of fused-ring (bicyclic) bond motifs is 1. The van der Waals surface area contributed by atoms with Crippen molar-refractivity contribution in [1.29, 1.82) is 0 Å². The number of hydrogen-bond donors (Lipinski definition) is 2. The third kappa shape index (κ3) is 3.81. The zero-order valence-corrected chi connectivity index (χ0v) is 17.4. The highest BCUT2D eigenvalue weighted by molar-refractivity contribution is 5.76. The molecule has 10 heteroatoms. The lowest BCUT2D eigenvalue weighted by molar-refractivity contribution is 0.120. The number of pyridine rings is 1. The van der Waals surface area contributed by atoms with Gasteiger partial charge >= 0.3 is 0 Å². The summed E-state index contributed by atoms with van der Waals surface area (Å²) in [7, 11) is 0. The molecule has 0 radical (unpaired) electrons. The lowest BCUT2D eigenvalue weighted by Crippen LogP contribution is -2.36. The average Bonchev–Trinajstić information content (AvgIpc) is 3.18. The van der Waals surface area contributed by atoms with E-state index in [9.17, 15) is 0 Å². The molecule has 1 saturated carbocycles. The number of hydrogen-bond acceptors (Lipinski definition) is 10. The summed E-state index contributed by atoms with van der Waals surface area (Å²) in [5.74, 6) is 0.481. The number of rotatable bonds is 6. The standard InChI is InChI=1S/C21H27N7O3/c22-14-3-4-28(11-14)20-24-15(12-30-20)10-23-16-9-17-19(25-18(16)13-1-2-13)26-21(31-17)27-5-7-29-8-6-27/h9,12-14,23H,1-8,10-11,22H2/t14-/m0/s1. The maximum absolute atomic E-state index is 6.04. The monoisotopic (exact) mass is 425 g/mol. The molecule has 0 unspecified atom stereocenters. The third-order valence-electron chi connectivity index (χ3n) is 6.14. The summed E-state index contributed by atoms with van der Waals surface area (Å²) < 4.78 is 17.1. The van der Waals surface area contributed by atoms with Gasteiger partial charge in [-0.2, -0.15) is 9.97 Å². The number of ether oxygens (including phenoxy) is 1. The first-order chi connectivity index (χ1) is 15.2. The molecule has 0 aromatic carbocycles. The van der Waals surface area contributed by atoms with Gasteiger partial charge in [0.1, 0.15) is 12.0 Å². The van der Waals surface area contributed by atoms with Gasteiger partial charge in [0.05, 0.1) is 31.1 Å². The minimum atomic E-state index is 0.191. The first-order valence-corrected chi connectivity index (χ1v) is 11.1. The summed E-state index contributed by atoms with van der Waals surface area (Å²) in [4.78, 5) is 18.3. The average molecular weight is 425 g/mol. The summed E-state index contributed by atoms with van der Waals surface area (Å²) in [6, 6.07) is 3.48. The van der Waals surface area contributed by atoms with Crippen LogP contribution < -0.4 is 20.9 Å². The van der Waals surface area contributed by atoms with Crippen LogP contribution in [0.2, 0.25) is 0 Å². The predicted octanol–water partition coefficient (Wildman–Crippen LogP) is 2.07. The molecule has 10 nitrogen and oxygen atoms in total. The van der Waals surface area contributed by atoms with Crippen LogP contribution in [-0.4, -0.2) is 60.4 Å². The molecule has 2 aliphatic heterocycles. The van der Waals surface area contributed by atoms with Crippen LogP contribution in [0.4, 0.5) is 17.7 Å². The van der Waals surface area contributed by atoms with Crippen LogP contribution in [0.25, 0.3) is 11.2 Å². The van der Waals surface area contributed by atoms with Gasteiger partial charge in [-0.25, -0.2) is 4.98 Å². The maximum Gasteiger partial charge on any atom is 0.300 e. The van der Waals surface area contributed by atoms with Crippen molar-refractivity contribution in [2.24, 2.45) is 5.73 Å². The van der Waals surface area contributed by atoms with Gasteiger partial charge in [0, 0.05) is 44.2 Å². The number of aromatic nitrogens is 3. The smallest absolute Gasteiger partial charge is 0.300 e. The van der Waals surface area contributed by atoms with Crippen LogP contribution >= 0.6 is 0 Å². The van der Waals surface area contributed by atoms with Gasteiger partial charge in [0.15, 0.2) is 5.58 Å². The van der Waals surface area contributed by atoms with Crippen LogP contribution in [0.3, 0.4) is 0 Å². The lowest BCUT2D eigenvalue weighted by Gasteiger charge is -2.24. The zero-order chi connectivity index (χ0) is 20.8. The number of anilines is 3. The van der Waals surface area contributed by atoms with E-state index < -0.39 is 0 Å². The largest absolute Gasteiger partial charge is 0.432 e. The number of nitrogens with two attached hydrogens (primary N) is 1. The molecule has 0 amide bonds. The van der Waals surface area contributed by atoms with E-state index in [0.717, 1.165) is 62.5 Å². The van der Waals surface area contributed by atoms with E-state index in [2.05, 4.69) is 25.1 Å². The SMILES string of the molecule is N[C@H]1CCN(c2nc(CNc3cc4oc(N5CCOCC5)nc4nc3C3CC3)co2)C1. The predicted molar refractivity (Wildman–Crippen MR) is 115 cm³/mol. The molecular weight excluding hydrogens is 398 g/mol. The van der Waals surface area contributed by atoms with Crippen molar-refractivity contribution in [1.82, 2.24) is 15.0 Å². The Labute approximate surface area is 179 Å². The van der Waals surface area contributed by atoms with E-state index in [-0.39, 0.29) is 6.04 Å². The van der Waals surface area contributed by atoms with Crippen LogP contribution in [0.5, 0.6) is 0 Å². The Kier molecular flexibility index (Phi) is 4.68. The fourth-order valence-electron chi connectivity index (χ4n) is 4.23. The van der Waals surface area contributed by atoms with Crippen LogP contribution in [0, 0.1) is 0 Å². The molecule has 0 bridgehead atoms. The molecule has 164 valence electrons. The van der Waals surface area contributed by atoms with E-state index in [1.165, 1.54) is 0 Å². The number of morpholine rings is 1. The zero-order valence-electron chi connectivity index (χ0n) is 17.4. The van der Waals surface area contributed by atoms with E-state index in [4.69, 9.17) is 24.3 Å². The first-order valence-electron chi connectivity index (χ1n) is 11.1. The van der Waals surface area contributed by atoms with Crippen molar-refractivity contribution in [3.63, 3.8) is 0 Å². The second-order valence-corrected chi connectivity index (χ2v) is 8.58. The Morgan fingerprint density at radius 3 is 2.68 bits per heavy atom. The molecule has 3 aliphatic rings. The van der Waals surface area contributed by atoms with Gasteiger partial charge in [-0.1, -0.05) is 0 Å². The highest BCUT2D eigenvalue weighted by Crippen LogP contribution is 2.43. The molecule has 31 heavy (non-hydrogen) atoms. The third-order valence-corrected chi connectivity index (χ3v) is 6.14. The number of oxazole rings is 2. The van der Waals surface area contributed by atoms with Crippen LogP contribution in [0.1, 0.15) is 36.6 Å². The normalized spacial score (nSPS) is 21.9. The van der Waals surface area contributed by atoms with Crippen molar-refractivity contribution in [2.45, 2.75) is 37.8 Å². The van der Waals surface area contributed by atoms with Gasteiger partial charge in [-0.3, -0.25) is 0 Å². The van der Waals surface area contributed by atoms with Gasteiger partial charge < -0.3 is 34.4 Å². The molecular formula is C21H27N7O3. The molecule has 2 saturated heterocycles. The van der Waals surface area contributed by atoms with Crippen molar-refractivity contribution in [3.05, 3.63) is 23.7 Å². The van der Waals surface area contributed by atoms with Gasteiger partial charge in [0.25, 0.3) is 12.0 Å². The quantitative estimate of drug-likeness (QED) is 0.607. The van der Waals surface area contributed by atoms with Crippen molar-refractivity contribution < 1.29 is 13.6 Å². The Hall–Kier alpha value is -2.85. The molecule has 3 aromatic heterocycles. The minimum Gasteiger partial charge on any atom is -0.432 e. The summed E-state index contributed by atoms with van der Waals surface area (Å²) >= 11 is 0. The van der Waals surface area contributed by atoms with E-state index in [1.54, 1.807) is 6.26 Å². The van der Waals surface area contributed by atoms with E-state index >= 15 is 0 Å². The molecule has 6 rings (SSSR count). The molecule has 3 N–H and O–H groups in total. The fourth-order valence-corrected chi connectivity index (χ4v) is 4.23. The molecule has 1 atom stereocenters.